The van der Waals surface area contributed by atoms with Gasteiger partial charge in [-0.2, -0.15) is 4.99 Å². The van der Waals surface area contributed by atoms with Crippen LogP contribution in [0.3, 0.4) is 0 Å². The lowest BCUT2D eigenvalue weighted by molar-refractivity contribution is -0.115. The highest BCUT2D eigenvalue weighted by molar-refractivity contribution is 8.16. The zero-order valence-corrected chi connectivity index (χ0v) is 16.2. The third-order valence-electron chi connectivity index (χ3n) is 4.03. The summed E-state index contributed by atoms with van der Waals surface area (Å²) in [5.74, 6) is 0.600. The first kappa shape index (κ1) is 18.3. The molecule has 2 atom stereocenters. The van der Waals surface area contributed by atoms with E-state index in [0.29, 0.717) is 27.4 Å². The molecule has 0 aliphatic carbocycles. The maximum Gasteiger partial charge on any atom is 0.244 e. The number of fused-ring (bicyclic) bond motifs is 1. The molecule has 2 fully saturated rings. The number of amides is 1. The number of hydrogen-bond acceptors (Lipinski definition) is 6. The van der Waals surface area contributed by atoms with Crippen molar-refractivity contribution in [2.24, 2.45) is 4.99 Å². The molecule has 1 aromatic rings. The zero-order valence-electron chi connectivity index (χ0n) is 13.9. The number of sulfone groups is 1. The van der Waals surface area contributed by atoms with Gasteiger partial charge in [0.1, 0.15) is 11.5 Å². The van der Waals surface area contributed by atoms with Crippen LogP contribution in [0.15, 0.2) is 17.1 Å². The van der Waals surface area contributed by atoms with Crippen molar-refractivity contribution in [1.82, 2.24) is 0 Å². The van der Waals surface area contributed by atoms with Crippen molar-refractivity contribution in [3.05, 3.63) is 17.2 Å². The van der Waals surface area contributed by atoms with Crippen LogP contribution in [0.1, 0.15) is 6.92 Å². The smallest absolute Gasteiger partial charge is 0.244 e. The van der Waals surface area contributed by atoms with Crippen molar-refractivity contribution in [2.45, 2.75) is 18.2 Å². The van der Waals surface area contributed by atoms with Crippen LogP contribution in [0.25, 0.3) is 0 Å². The van der Waals surface area contributed by atoms with Crippen molar-refractivity contribution in [3.63, 3.8) is 0 Å². The summed E-state index contributed by atoms with van der Waals surface area (Å²) in [4.78, 5) is 17.3. The van der Waals surface area contributed by atoms with Crippen LogP contribution < -0.4 is 14.4 Å². The number of carbonyl (C=O) groups excluding carboxylic acids is 1. The van der Waals surface area contributed by atoms with Gasteiger partial charge >= 0.3 is 0 Å². The van der Waals surface area contributed by atoms with Gasteiger partial charge in [0.2, 0.25) is 5.91 Å². The first-order valence-electron chi connectivity index (χ1n) is 7.43. The van der Waals surface area contributed by atoms with E-state index in [1.165, 1.54) is 32.9 Å². The van der Waals surface area contributed by atoms with Crippen LogP contribution in [0, 0.1) is 0 Å². The number of hydrogen-bond donors (Lipinski definition) is 0. The van der Waals surface area contributed by atoms with Gasteiger partial charge in [0.15, 0.2) is 15.0 Å². The summed E-state index contributed by atoms with van der Waals surface area (Å²) < 4.78 is 34.7. The van der Waals surface area contributed by atoms with E-state index >= 15 is 0 Å². The van der Waals surface area contributed by atoms with E-state index < -0.39 is 9.84 Å². The summed E-state index contributed by atoms with van der Waals surface area (Å²) >= 11 is 7.55. The van der Waals surface area contributed by atoms with Gasteiger partial charge in [0.25, 0.3) is 0 Å². The third kappa shape index (κ3) is 3.45. The second-order valence-electron chi connectivity index (χ2n) is 5.74. The van der Waals surface area contributed by atoms with E-state index in [1.807, 2.05) is 0 Å². The van der Waals surface area contributed by atoms with Gasteiger partial charge in [-0.25, -0.2) is 8.42 Å². The predicted molar refractivity (Wildman–Crippen MR) is 99.0 cm³/mol. The Labute approximate surface area is 155 Å². The monoisotopic (exact) mass is 404 g/mol. The number of anilines is 1. The predicted octanol–water partition coefficient (Wildman–Crippen LogP) is 1.98. The molecule has 2 aliphatic heterocycles. The van der Waals surface area contributed by atoms with Crippen molar-refractivity contribution in [2.75, 3.05) is 30.6 Å². The summed E-state index contributed by atoms with van der Waals surface area (Å²) in [5, 5.41) is 0.625. The number of thioether (sulfide) groups is 1. The van der Waals surface area contributed by atoms with E-state index in [4.69, 9.17) is 21.1 Å². The van der Waals surface area contributed by atoms with Gasteiger partial charge in [-0.1, -0.05) is 23.4 Å². The van der Waals surface area contributed by atoms with Crippen LogP contribution in [0.2, 0.25) is 5.02 Å². The Bertz CT molecular complexity index is 856. The van der Waals surface area contributed by atoms with Crippen LogP contribution in [-0.2, 0) is 14.6 Å². The highest BCUT2D eigenvalue weighted by Crippen LogP contribution is 2.46. The molecule has 0 radical (unpaired) electrons. The first-order valence-corrected chi connectivity index (χ1v) is 10.5. The summed E-state index contributed by atoms with van der Waals surface area (Å²) in [6.07, 6.45) is 0. The van der Waals surface area contributed by atoms with Crippen LogP contribution in [0.4, 0.5) is 5.69 Å². The normalized spacial score (nSPS) is 25.9. The van der Waals surface area contributed by atoms with Gasteiger partial charge in [-0.3, -0.25) is 4.79 Å². The summed E-state index contributed by atoms with van der Waals surface area (Å²) in [6.45, 7) is 1.36. The topological polar surface area (TPSA) is 85.3 Å². The molecule has 1 aromatic carbocycles. The second-order valence-corrected chi connectivity index (χ2v) is 9.51. The van der Waals surface area contributed by atoms with Gasteiger partial charge in [0.05, 0.1) is 42.5 Å². The number of halogens is 1. The molecule has 3 rings (SSSR count). The van der Waals surface area contributed by atoms with E-state index in [0.717, 1.165) is 0 Å². The Morgan fingerprint density at radius 1 is 1.28 bits per heavy atom. The lowest BCUT2D eigenvalue weighted by Crippen LogP contribution is -2.38. The molecular formula is C15H17ClN2O5S2. The van der Waals surface area contributed by atoms with Gasteiger partial charge in [-0.15, -0.1) is 0 Å². The van der Waals surface area contributed by atoms with Gasteiger partial charge < -0.3 is 14.4 Å². The maximum absolute atomic E-state index is 12.0. The SMILES string of the molecule is COc1cc(OC)c(N2C(=NC(C)=O)S[C@@H]3CS(=O)(=O)C[C@H]32)cc1Cl. The van der Waals surface area contributed by atoms with E-state index in [-0.39, 0.29) is 28.7 Å². The number of ether oxygens (including phenoxy) is 2. The molecule has 7 nitrogen and oxygen atoms in total. The molecule has 0 unspecified atom stereocenters. The van der Waals surface area contributed by atoms with Crippen molar-refractivity contribution in [3.8, 4) is 11.5 Å². The standard InChI is InChI=1S/C15H17ClN2O5S2/c1-8(19)17-15-18(11-6-25(20,21)7-14(11)24-15)10-4-9(16)12(22-2)5-13(10)23-3/h4-5,11,14H,6-7H2,1-3H3/t11-,14-/m1/s1. The minimum Gasteiger partial charge on any atom is -0.495 e. The Hall–Kier alpha value is -1.45. The Balaban J connectivity index is 2.14. The van der Waals surface area contributed by atoms with E-state index in [1.54, 1.807) is 17.0 Å². The molecule has 0 aromatic heterocycles. The molecule has 0 saturated carbocycles. The number of aliphatic imine (C=N–C) groups is 1. The van der Waals surface area contributed by atoms with Gasteiger partial charge in [-0.05, 0) is 6.07 Å². The lowest BCUT2D eigenvalue weighted by Gasteiger charge is -2.26. The highest BCUT2D eigenvalue weighted by Gasteiger charge is 2.50. The lowest BCUT2D eigenvalue weighted by atomic mass is 10.2. The summed E-state index contributed by atoms with van der Waals surface area (Å²) in [5.41, 5.74) is 0.561. The Morgan fingerprint density at radius 3 is 2.56 bits per heavy atom. The maximum atomic E-state index is 12.0. The molecule has 10 heteroatoms. The number of methoxy groups -OCH3 is 2. The number of rotatable bonds is 3. The number of amidine groups is 1. The molecule has 2 aliphatic rings. The Kier molecular flexibility index (Phi) is 4.91. The molecule has 0 bridgehead atoms. The third-order valence-corrected chi connectivity index (χ3v) is 7.54. The van der Waals surface area contributed by atoms with E-state index in [2.05, 4.69) is 4.99 Å². The van der Waals surface area contributed by atoms with Crippen LogP contribution in [-0.4, -0.2) is 56.5 Å². The molecule has 0 spiro atoms. The largest absolute Gasteiger partial charge is 0.495 e. The molecule has 2 saturated heterocycles. The van der Waals surface area contributed by atoms with Gasteiger partial charge in [0, 0.05) is 18.2 Å². The minimum atomic E-state index is -3.14. The molecule has 0 N–H and O–H groups in total. The summed E-state index contributed by atoms with van der Waals surface area (Å²) in [7, 11) is -0.147. The zero-order chi connectivity index (χ0) is 18.4. The minimum absolute atomic E-state index is 0.00556. The fraction of sp³-hybridized carbons (Fsp3) is 0.467. The average molecular weight is 405 g/mol. The Morgan fingerprint density at radius 2 is 1.96 bits per heavy atom. The average Bonchev–Trinajstić information content (AvgIpc) is 2.97. The fourth-order valence-corrected chi connectivity index (χ4v) is 7.20. The quantitative estimate of drug-likeness (QED) is 0.761. The summed E-state index contributed by atoms with van der Waals surface area (Å²) in [6, 6.07) is 2.94. The molecule has 2 heterocycles. The molecule has 136 valence electrons. The molecule has 1 amide bonds. The number of benzene rings is 1. The van der Waals surface area contributed by atoms with Crippen molar-refractivity contribution >= 4 is 50.0 Å². The fourth-order valence-electron chi connectivity index (χ4n) is 3.01. The van der Waals surface area contributed by atoms with Crippen molar-refractivity contribution in [1.29, 1.82) is 0 Å². The van der Waals surface area contributed by atoms with Crippen LogP contribution in [0.5, 0.6) is 11.5 Å². The molecule has 25 heavy (non-hydrogen) atoms. The highest BCUT2D eigenvalue weighted by atomic mass is 35.5. The first-order chi connectivity index (χ1) is 11.8. The number of nitrogens with zero attached hydrogens (tertiary/aromatic N) is 2. The number of carbonyl (C=O) groups is 1. The van der Waals surface area contributed by atoms with Crippen molar-refractivity contribution < 1.29 is 22.7 Å². The second kappa shape index (κ2) is 6.69. The van der Waals surface area contributed by atoms with E-state index in [9.17, 15) is 13.2 Å². The van der Waals surface area contributed by atoms with Crippen LogP contribution >= 0.6 is 23.4 Å². The molecular weight excluding hydrogens is 388 g/mol.